The fourth-order valence-corrected chi connectivity index (χ4v) is 67.4. The fraction of sp³-hybridized carbons (Fsp3) is 1.00. The fourth-order valence-electron chi connectivity index (χ4n) is 10.7. The van der Waals surface area contributed by atoms with E-state index in [4.69, 9.17) is 63.6 Å². The lowest BCUT2D eigenvalue weighted by molar-refractivity contribution is 0.00627. The van der Waals surface area contributed by atoms with Gasteiger partial charge in [0.2, 0.25) is 0 Å². The highest BCUT2D eigenvalue weighted by Gasteiger charge is 2.78. The molecule has 0 amide bonds. The van der Waals surface area contributed by atoms with Gasteiger partial charge in [-0.2, -0.15) is 0 Å². The maximum absolute atomic E-state index is 9.55. The van der Waals surface area contributed by atoms with E-state index in [1.54, 1.807) is 0 Å². The third-order valence-electron chi connectivity index (χ3n) is 12.6. The second-order valence-corrected chi connectivity index (χ2v) is 61.1. The Morgan fingerprint density at radius 2 is 0.494 bits per heavy atom. The maximum atomic E-state index is 9.55. The molecule has 3 heterocycles. The first-order valence-corrected chi connectivity index (χ1v) is 52.4. The van der Waals surface area contributed by atoms with Crippen molar-refractivity contribution >= 4 is 86.6 Å². The number of hydrogen-bond acceptors (Lipinski definition) is 18. The summed E-state index contributed by atoms with van der Waals surface area (Å²) in [5.41, 5.74) is 0. The molecule has 4 bridgehead atoms. The summed E-state index contributed by atoms with van der Waals surface area (Å²) in [7, 11) is -37.8. The zero-order chi connectivity index (χ0) is 58.2. The molecule has 3 rings (SSSR count). The van der Waals surface area contributed by atoms with Gasteiger partial charge in [-0.3, -0.25) is 0 Å². The van der Waals surface area contributed by atoms with Crippen LogP contribution in [-0.2, 0) is 63.6 Å². The molecule has 77 heavy (non-hydrogen) atoms. The predicted molar refractivity (Wildman–Crippen MR) is 325 cm³/mol. The Hall–Kier alpha value is 1.45. The second-order valence-electron chi connectivity index (χ2n) is 26.8. The zero-order valence-corrected chi connectivity index (χ0v) is 62.1. The summed E-state index contributed by atoms with van der Waals surface area (Å²) in [6.45, 7) is 46.0. The van der Waals surface area contributed by atoms with E-state index in [9.17, 15) is 15.3 Å². The molecule has 3 saturated heterocycles. The average Bonchev–Trinajstić information content (AvgIpc) is 3.19. The predicted octanol–water partition coefficient (Wildman–Crippen LogP) is 11.2. The van der Waals surface area contributed by atoms with Crippen molar-refractivity contribution in [3.63, 3.8) is 0 Å². The van der Waals surface area contributed by atoms with E-state index in [0.29, 0.717) is 62.1 Å². The molecule has 3 N–H and O–H groups in total. The van der Waals surface area contributed by atoms with Crippen molar-refractivity contribution in [2.75, 3.05) is 59.5 Å². The minimum atomic E-state index is -4.25. The summed E-state index contributed by atoms with van der Waals surface area (Å²) in [6, 6.07) is 5.09. The molecule has 3 aliphatic rings. The molecule has 28 heteroatoms. The zero-order valence-electron chi connectivity index (χ0n) is 52.1. The molecule has 3 fully saturated rings. The molecule has 0 aromatic rings. The van der Waals surface area contributed by atoms with Crippen molar-refractivity contribution in [1.82, 2.24) is 0 Å². The van der Waals surface area contributed by atoms with Crippen LogP contribution >= 0.6 is 0 Å². The van der Waals surface area contributed by atoms with Gasteiger partial charge in [-0.25, -0.2) is 0 Å². The molecule has 0 aromatic carbocycles. The van der Waals surface area contributed by atoms with Crippen LogP contribution in [-0.4, -0.2) is 161 Å². The smallest absolute Gasteiger partial charge is 0.416 e. The van der Waals surface area contributed by atoms with Gasteiger partial charge in [0.1, 0.15) is 0 Å². The lowest BCUT2D eigenvalue weighted by atomic mass is 10.3. The SMILES string of the molecule is CC(C)C[Si]1(O[Si](C)(C)CCCOCCO)O[Si]2(CC(C)C)O[Si](CC(C)C)(O[Si](C)(C)CCCOCCO)O[Si]3(CC(C)C)O[Si](CC(C)C)(O[Si](C)(C)CCCOCCO)O[Si](CC(C)C)(O1)O[Si](CC(C)C)(O2)O3. The highest BCUT2D eigenvalue weighted by atomic mass is 28.6. The quantitative estimate of drug-likeness (QED) is 0.0389. The Morgan fingerprint density at radius 3 is 0.675 bits per heavy atom. The highest BCUT2D eigenvalue weighted by Crippen LogP contribution is 2.52. The minimum Gasteiger partial charge on any atom is -0.416 e. The molecule has 458 valence electrons. The van der Waals surface area contributed by atoms with Gasteiger partial charge in [-0.15, -0.1) is 0 Å². The first-order valence-electron chi connectivity index (χ1n) is 29.6. The molecule has 3 aliphatic heterocycles. The van der Waals surface area contributed by atoms with Crippen LogP contribution in [0.1, 0.15) is 116 Å². The van der Waals surface area contributed by atoms with E-state index in [0.717, 1.165) is 37.4 Å². The Labute approximate surface area is 479 Å². The molecule has 0 unspecified atom stereocenters. The number of hydrogen-bond donors (Lipinski definition) is 3. The lowest BCUT2D eigenvalue weighted by Gasteiger charge is -2.60. The van der Waals surface area contributed by atoms with Crippen molar-refractivity contribution in [1.29, 1.82) is 0 Å². The van der Waals surface area contributed by atoms with Crippen LogP contribution in [0.5, 0.6) is 0 Å². The van der Waals surface area contributed by atoms with Crippen LogP contribution in [0.4, 0.5) is 0 Å². The van der Waals surface area contributed by atoms with Crippen molar-refractivity contribution in [3.8, 4) is 0 Å². The van der Waals surface area contributed by atoms with Gasteiger partial charge >= 0.3 is 61.6 Å². The number of rotatable bonds is 38. The third-order valence-corrected chi connectivity index (χ3v) is 59.3. The van der Waals surface area contributed by atoms with E-state index in [1.165, 1.54) is 0 Å². The van der Waals surface area contributed by atoms with E-state index < -0.39 is 86.6 Å². The summed E-state index contributed by atoms with van der Waals surface area (Å²) >= 11 is 0. The Kier molecular flexibility index (Phi) is 30.0. The van der Waals surface area contributed by atoms with Crippen LogP contribution in [0, 0.1) is 41.4 Å². The molecule has 0 atom stereocenters. The van der Waals surface area contributed by atoms with Gasteiger partial charge in [0.25, 0.3) is 0 Å². The monoisotopic (exact) mass is 1270 g/mol. The third kappa shape index (κ3) is 25.1. The first kappa shape index (κ1) is 72.7. The van der Waals surface area contributed by atoms with Gasteiger partial charge in [0.15, 0.2) is 25.0 Å². The van der Waals surface area contributed by atoms with Crippen molar-refractivity contribution in [2.24, 2.45) is 41.4 Å². The minimum absolute atomic E-state index is 0.0158. The van der Waals surface area contributed by atoms with Crippen LogP contribution in [0.3, 0.4) is 0 Å². The standard InChI is InChI=1S/C49H114O18Si10/c1-43(2)36-71(56-68(15,16)33-21-27-53-30-24-50)59-74(39-46(7)8)61-72(37-44(3)4,57-69(17,18)34-22-28-54-31-25-51)63-76(41-48(11)12)64-73(38-45(5)6,58-70(19,20)35-23-29-55-32-26-52)62-75(60-71,40-47(9)10)66-77(65-74,67-76)42-49(13)14/h43-52H,21-42H2,1-20H3. The van der Waals surface area contributed by atoms with Gasteiger partial charge in [0, 0.05) is 62.1 Å². The summed E-state index contributed by atoms with van der Waals surface area (Å²) in [5.74, 6) is 0.170. The molecule has 0 saturated carbocycles. The summed E-state index contributed by atoms with van der Waals surface area (Å²) in [5, 5.41) is 28.6. The molecule has 0 aromatic heterocycles. The van der Waals surface area contributed by atoms with Crippen LogP contribution in [0.25, 0.3) is 0 Å². The Morgan fingerprint density at radius 1 is 0.299 bits per heavy atom. The normalized spacial score (nSPS) is 29.8. The first-order chi connectivity index (χ1) is 35.6. The summed E-state index contributed by atoms with van der Waals surface area (Å²) < 4.78 is 115. The van der Waals surface area contributed by atoms with E-state index in [1.807, 2.05) is 0 Å². The Bertz CT molecular complexity index is 1490. The molecule has 0 aliphatic carbocycles. The molecular formula is C49H114O18Si10. The van der Waals surface area contributed by atoms with Crippen LogP contribution < -0.4 is 0 Å². The summed E-state index contributed by atoms with van der Waals surface area (Å²) in [6.07, 6.45) is 2.18. The Balaban J connectivity index is 2.75. The molecule has 0 radical (unpaired) electrons. The van der Waals surface area contributed by atoms with Gasteiger partial charge in [-0.1, -0.05) is 96.9 Å². The van der Waals surface area contributed by atoms with Gasteiger partial charge < -0.3 is 78.9 Å². The van der Waals surface area contributed by atoms with E-state index in [2.05, 4.69) is 136 Å². The molecule has 0 spiro atoms. The molecule has 18 nitrogen and oxygen atoms in total. The second kappa shape index (κ2) is 31.7. The number of aliphatic hydroxyl groups is 3. The van der Waals surface area contributed by atoms with Crippen LogP contribution in [0.2, 0.25) is 99.7 Å². The van der Waals surface area contributed by atoms with Crippen molar-refractivity contribution in [3.05, 3.63) is 0 Å². The van der Waals surface area contributed by atoms with Gasteiger partial charge in [-0.05, 0) is 118 Å². The largest absolute Gasteiger partial charge is 0.479 e. The van der Waals surface area contributed by atoms with Crippen molar-refractivity contribution in [2.45, 2.75) is 216 Å². The van der Waals surface area contributed by atoms with Gasteiger partial charge in [0.05, 0.1) is 39.6 Å². The lowest BCUT2D eigenvalue weighted by Crippen LogP contribution is -2.84. The summed E-state index contributed by atoms with van der Waals surface area (Å²) in [4.78, 5) is 0. The number of aliphatic hydroxyl groups excluding tert-OH is 3. The van der Waals surface area contributed by atoms with E-state index in [-0.39, 0.29) is 81.1 Å². The van der Waals surface area contributed by atoms with Crippen LogP contribution in [0.15, 0.2) is 0 Å². The average molecular weight is 1270 g/mol. The topological polar surface area (TPSA) is 199 Å². The van der Waals surface area contributed by atoms with Crippen molar-refractivity contribution < 1.29 is 78.9 Å². The highest BCUT2D eigenvalue weighted by molar-refractivity contribution is 7.01. The maximum Gasteiger partial charge on any atom is 0.479 e. The van der Waals surface area contributed by atoms with E-state index >= 15 is 0 Å². The number of fused-ring (bicyclic) bond motifs is 3. The molecular weight excluding hydrogens is 1160 g/mol. The number of ether oxygens (including phenoxy) is 3.